The van der Waals surface area contributed by atoms with Crippen molar-refractivity contribution in [3.05, 3.63) is 0 Å². The molecule has 0 radical (unpaired) electrons. The molecule has 0 saturated heterocycles. The quantitative estimate of drug-likeness (QED) is 0.160. The normalized spacial score (nSPS) is 32.1. The molecule has 5 nitrogen and oxygen atoms in total. The van der Waals surface area contributed by atoms with E-state index in [-0.39, 0.29) is 74.5 Å². The minimum Gasteiger partial charge on any atom is -0.381 e. The van der Waals surface area contributed by atoms with Crippen molar-refractivity contribution in [3.8, 4) is 0 Å². The van der Waals surface area contributed by atoms with Gasteiger partial charge in [0.2, 0.25) is 0 Å². The fourth-order valence-electron chi connectivity index (χ4n) is 14.3. The molecule has 474 valence electrons. The Morgan fingerprint density at radius 3 is 0.850 bits per heavy atom. The van der Waals surface area contributed by atoms with Crippen molar-refractivity contribution in [2.24, 2.45) is 76.9 Å². The number of fused-ring (bicyclic) bond motifs is 4. The Bertz CT molecular complexity index is 2000. The third-order valence-corrected chi connectivity index (χ3v) is 18.9. The molecule has 32 heteroatoms. The Morgan fingerprint density at radius 1 is 0.338 bits per heavy atom. The van der Waals surface area contributed by atoms with E-state index in [0.29, 0.717) is 27.2 Å². The lowest BCUT2D eigenvalue weighted by atomic mass is 9.60. The van der Waals surface area contributed by atoms with Crippen LogP contribution < -0.4 is 0 Å². The maximum atomic E-state index is 14.7. The van der Waals surface area contributed by atoms with Crippen LogP contribution in [0.15, 0.2) is 0 Å². The van der Waals surface area contributed by atoms with E-state index in [9.17, 15) is 134 Å². The molecular formula is C48H63F27O5. The lowest BCUT2D eigenvalue weighted by molar-refractivity contribution is -0.419. The Hall–Kier alpha value is -2.09. The van der Waals surface area contributed by atoms with Crippen LogP contribution in [-0.4, -0.2) is 110 Å². The molecule has 5 rings (SSSR count). The Labute approximate surface area is 441 Å². The molecule has 80 heavy (non-hydrogen) atoms. The van der Waals surface area contributed by atoms with E-state index in [1.165, 1.54) is 0 Å². The first kappa shape index (κ1) is 70.4. The zero-order valence-corrected chi connectivity index (χ0v) is 43.9. The van der Waals surface area contributed by atoms with Crippen LogP contribution in [0.2, 0.25) is 0 Å². The standard InChI is InChI=1S/C28H34F18O3.C20H29F9O2/c1-11-12(2)18-6-13(11)5-14(18)10-20(23(29,30)31,24(32,33)34)49-19(3,4)15-7-16(21(47,25(35,36)37)26(38,39)40)9-17(8-15)22(48,27(41,42)43)28(44,45)46;1-10-11(2)14-7-12(10)6-13(14)8-17(19(24,25)26,20(27,28)29)31-15(3,4)9-16(5,30)18(21,22)23/h11-18,47-48H,5-10H2,1-4H3;10-14,30H,6-9H2,1-5H3. The van der Waals surface area contributed by atoms with Gasteiger partial charge in [0.25, 0.3) is 22.4 Å². The third kappa shape index (κ3) is 12.5. The van der Waals surface area contributed by atoms with E-state index >= 15 is 0 Å². The van der Waals surface area contributed by atoms with E-state index in [1.54, 1.807) is 20.8 Å². The number of halogens is 27. The van der Waals surface area contributed by atoms with Crippen LogP contribution in [0.5, 0.6) is 0 Å². The first-order chi connectivity index (χ1) is 35.0. The number of aliphatic hydroxyl groups is 3. The maximum Gasteiger partial charge on any atom is 0.426 e. The molecule has 0 aromatic rings. The smallest absolute Gasteiger partial charge is 0.381 e. The van der Waals surface area contributed by atoms with Crippen LogP contribution in [0.3, 0.4) is 0 Å². The summed E-state index contributed by atoms with van der Waals surface area (Å²) in [7, 11) is 0. The first-order valence-corrected chi connectivity index (χ1v) is 25.1. The van der Waals surface area contributed by atoms with E-state index < -0.39 is 169 Å². The first-order valence-electron chi connectivity index (χ1n) is 25.1. The zero-order valence-electron chi connectivity index (χ0n) is 43.9. The van der Waals surface area contributed by atoms with Gasteiger partial charge < -0.3 is 24.8 Å². The summed E-state index contributed by atoms with van der Waals surface area (Å²) in [5, 5.41) is 29.6. The molecule has 0 aromatic carbocycles. The van der Waals surface area contributed by atoms with Crippen molar-refractivity contribution in [3.63, 3.8) is 0 Å². The van der Waals surface area contributed by atoms with E-state index in [1.807, 2.05) is 6.92 Å². The van der Waals surface area contributed by atoms with Gasteiger partial charge in [-0.2, -0.15) is 119 Å². The second-order valence-corrected chi connectivity index (χ2v) is 24.6. The molecule has 5 fully saturated rings. The van der Waals surface area contributed by atoms with Crippen LogP contribution in [0, 0.1) is 76.9 Å². The Balaban J connectivity index is 0.000000382. The lowest BCUT2D eigenvalue weighted by Gasteiger charge is -2.53. The van der Waals surface area contributed by atoms with Gasteiger partial charge in [-0.3, -0.25) is 0 Å². The molecule has 13 atom stereocenters. The summed E-state index contributed by atoms with van der Waals surface area (Å²) in [6, 6.07) is 0. The highest BCUT2D eigenvalue weighted by Crippen LogP contribution is 2.65. The molecule has 0 spiro atoms. The summed E-state index contributed by atoms with van der Waals surface area (Å²) >= 11 is 0. The number of alkyl halides is 27. The number of rotatable bonds is 13. The average Bonchev–Trinajstić information content (AvgIpc) is 3.96. The summed E-state index contributed by atoms with van der Waals surface area (Å²) in [6.45, 7) is 9.22. The molecule has 0 amide bonds. The van der Waals surface area contributed by atoms with Gasteiger partial charge in [0.15, 0.2) is 5.60 Å². The van der Waals surface area contributed by atoms with Gasteiger partial charge in [0.05, 0.1) is 11.2 Å². The lowest BCUT2D eigenvalue weighted by Crippen LogP contribution is -2.68. The molecule has 5 aliphatic carbocycles. The van der Waals surface area contributed by atoms with Crippen molar-refractivity contribution in [2.45, 2.75) is 221 Å². The second kappa shape index (κ2) is 21.1. The van der Waals surface area contributed by atoms with Gasteiger partial charge in [0, 0.05) is 18.3 Å². The van der Waals surface area contributed by atoms with Crippen LogP contribution >= 0.6 is 0 Å². The summed E-state index contributed by atoms with van der Waals surface area (Å²) in [4.78, 5) is 0. The topological polar surface area (TPSA) is 79.2 Å². The molecular weight excluding hydrogens is 1170 g/mol. The van der Waals surface area contributed by atoms with Crippen molar-refractivity contribution >= 4 is 0 Å². The number of hydrogen-bond acceptors (Lipinski definition) is 5. The highest BCUT2D eigenvalue weighted by atomic mass is 19.5. The van der Waals surface area contributed by atoms with Crippen LogP contribution in [0.25, 0.3) is 0 Å². The minimum absolute atomic E-state index is 0.0168. The van der Waals surface area contributed by atoms with Gasteiger partial charge in [-0.25, -0.2) is 0 Å². The summed E-state index contributed by atoms with van der Waals surface area (Å²) in [5.74, 6) is -14.4. The largest absolute Gasteiger partial charge is 0.426 e. The van der Waals surface area contributed by atoms with Crippen molar-refractivity contribution in [1.82, 2.24) is 0 Å². The summed E-state index contributed by atoms with van der Waals surface area (Å²) in [5.41, 5.74) is -31.6. The van der Waals surface area contributed by atoms with Crippen LogP contribution in [-0.2, 0) is 9.47 Å². The van der Waals surface area contributed by atoms with Gasteiger partial charge in [-0.15, -0.1) is 0 Å². The van der Waals surface area contributed by atoms with Crippen molar-refractivity contribution in [2.75, 3.05) is 0 Å². The predicted octanol–water partition coefficient (Wildman–Crippen LogP) is 16.4. The number of ether oxygens (including phenoxy) is 2. The zero-order chi connectivity index (χ0) is 63.0. The van der Waals surface area contributed by atoms with Gasteiger partial charge in [-0.05, 0) is 158 Å². The molecule has 5 aliphatic rings. The van der Waals surface area contributed by atoms with Crippen LogP contribution in [0.1, 0.15) is 127 Å². The highest BCUT2D eigenvalue weighted by Gasteiger charge is 2.81. The monoisotopic (exact) mass is 1230 g/mol. The molecule has 3 N–H and O–H groups in total. The van der Waals surface area contributed by atoms with Crippen LogP contribution in [0.4, 0.5) is 119 Å². The minimum atomic E-state index is -6.89. The third-order valence-electron chi connectivity index (χ3n) is 18.9. The van der Waals surface area contributed by atoms with Crippen molar-refractivity contribution in [1.29, 1.82) is 0 Å². The molecule has 0 heterocycles. The SMILES string of the molecule is CC1C2CC(CC(OC(C)(C)C3CC(C(O)(C(F)(F)F)C(F)(F)F)CC(C(O)(C(F)(F)F)C(F)(F)F)C3)(C(F)(F)F)C(F)(F)F)C(C2)C1C.CC1C2CC(CC(OC(C)(C)CC(C)(O)C(F)(F)F)(C(F)(F)F)C(F)(F)F)C(C2)C1C. The number of hydrogen-bond donors (Lipinski definition) is 3. The second-order valence-electron chi connectivity index (χ2n) is 24.6. The fourth-order valence-corrected chi connectivity index (χ4v) is 14.3. The molecule has 0 aromatic heterocycles. The van der Waals surface area contributed by atoms with Gasteiger partial charge in [0.1, 0.15) is 0 Å². The maximum absolute atomic E-state index is 14.7. The average molecular weight is 1230 g/mol. The van der Waals surface area contributed by atoms with E-state index in [0.717, 1.165) is 0 Å². The van der Waals surface area contributed by atoms with Gasteiger partial charge in [-0.1, -0.05) is 27.7 Å². The molecule has 5 saturated carbocycles. The summed E-state index contributed by atoms with van der Waals surface area (Å²) < 4.78 is 386. The van der Waals surface area contributed by atoms with Crippen molar-refractivity contribution < 1.29 is 143 Å². The van der Waals surface area contributed by atoms with E-state index in [2.05, 4.69) is 9.47 Å². The Morgan fingerprint density at radius 2 is 0.613 bits per heavy atom. The summed E-state index contributed by atoms with van der Waals surface area (Å²) in [6.07, 6.45) is -68.0. The Kier molecular flexibility index (Phi) is 18.6. The fraction of sp³-hybridized carbons (Fsp3) is 1.00. The van der Waals surface area contributed by atoms with E-state index in [4.69, 9.17) is 0 Å². The highest BCUT2D eigenvalue weighted by molar-refractivity contribution is 5.12. The predicted molar refractivity (Wildman–Crippen MR) is 225 cm³/mol. The molecule has 0 aliphatic heterocycles. The molecule has 4 bridgehead atoms. The van der Waals surface area contributed by atoms with Gasteiger partial charge >= 0.3 is 55.6 Å². The molecule has 13 unspecified atom stereocenters.